The van der Waals surface area contributed by atoms with E-state index in [0.717, 1.165) is 12.8 Å². The lowest BCUT2D eigenvalue weighted by Gasteiger charge is -2.40. The molecule has 3 rings (SSSR count). The van der Waals surface area contributed by atoms with Crippen LogP contribution in [0.1, 0.15) is 40.0 Å². The predicted molar refractivity (Wildman–Crippen MR) is 63.2 cm³/mol. The number of hydrogen-bond acceptors (Lipinski definition) is 5. The van der Waals surface area contributed by atoms with Crippen LogP contribution in [-0.4, -0.2) is 31.8 Å². The van der Waals surface area contributed by atoms with Gasteiger partial charge in [-0.3, -0.25) is 8.98 Å². The minimum Gasteiger partial charge on any atom is -0.459 e. The average molecular weight is 274 g/mol. The van der Waals surface area contributed by atoms with Crippen LogP contribution in [0.5, 0.6) is 0 Å². The van der Waals surface area contributed by atoms with Crippen molar-refractivity contribution in [1.29, 1.82) is 0 Å². The summed E-state index contributed by atoms with van der Waals surface area (Å²) in [6, 6.07) is 0. The zero-order chi connectivity index (χ0) is 13.4. The highest BCUT2D eigenvalue weighted by atomic mass is 32.2. The first-order valence-electron chi connectivity index (χ1n) is 6.25. The van der Waals surface area contributed by atoms with E-state index in [0.29, 0.717) is 6.42 Å². The van der Waals surface area contributed by atoms with Crippen LogP contribution in [0.25, 0.3) is 0 Å². The molecular weight excluding hydrogens is 256 g/mol. The van der Waals surface area contributed by atoms with E-state index >= 15 is 0 Å². The van der Waals surface area contributed by atoms with Crippen LogP contribution in [0, 0.1) is 10.8 Å². The van der Waals surface area contributed by atoms with E-state index in [9.17, 15) is 13.2 Å². The highest BCUT2D eigenvalue weighted by Crippen LogP contribution is 2.72. The van der Waals surface area contributed by atoms with E-state index in [2.05, 4.69) is 0 Å². The van der Waals surface area contributed by atoms with Crippen molar-refractivity contribution in [3.63, 3.8) is 0 Å². The van der Waals surface area contributed by atoms with E-state index in [1.54, 1.807) is 0 Å². The highest BCUT2D eigenvalue weighted by molar-refractivity contribution is 7.87. The molecule has 2 bridgehead atoms. The summed E-state index contributed by atoms with van der Waals surface area (Å²) in [6.07, 6.45) is 1.65. The maximum Gasteiger partial charge on any atom is 0.303 e. The van der Waals surface area contributed by atoms with Gasteiger partial charge in [0.15, 0.2) is 0 Å². The second-order valence-corrected chi connectivity index (χ2v) is 7.96. The Bertz CT molecular complexity index is 523. The van der Waals surface area contributed by atoms with Gasteiger partial charge >= 0.3 is 5.97 Å². The Hall–Kier alpha value is -0.620. The van der Waals surface area contributed by atoms with Crippen LogP contribution in [0.4, 0.5) is 0 Å². The molecule has 3 aliphatic rings. The molecule has 3 atom stereocenters. The third kappa shape index (κ3) is 1.20. The van der Waals surface area contributed by atoms with Crippen molar-refractivity contribution in [2.24, 2.45) is 10.8 Å². The molecule has 0 amide bonds. The van der Waals surface area contributed by atoms with Crippen LogP contribution in [0.2, 0.25) is 0 Å². The van der Waals surface area contributed by atoms with E-state index in [4.69, 9.17) is 8.92 Å². The Morgan fingerprint density at radius 2 is 2.00 bits per heavy atom. The summed E-state index contributed by atoms with van der Waals surface area (Å²) in [5.74, 6) is -0.247. The minimum atomic E-state index is -3.42. The zero-order valence-corrected chi connectivity index (χ0v) is 11.7. The van der Waals surface area contributed by atoms with E-state index < -0.39 is 15.7 Å². The molecule has 5 nitrogen and oxygen atoms in total. The van der Waals surface area contributed by atoms with Crippen molar-refractivity contribution in [3.05, 3.63) is 0 Å². The third-order valence-electron chi connectivity index (χ3n) is 5.53. The number of ether oxygens (including phenoxy) is 1. The molecule has 1 heterocycles. The largest absolute Gasteiger partial charge is 0.459 e. The van der Waals surface area contributed by atoms with E-state index in [1.807, 2.05) is 13.8 Å². The van der Waals surface area contributed by atoms with Gasteiger partial charge in [0.1, 0.15) is 5.60 Å². The Morgan fingerprint density at radius 1 is 1.33 bits per heavy atom. The standard InChI is InChI=1S/C12H18O5S/c1-8(13)16-12-5-4-11(10(12,2)3)7-18(14,15)17-9(11)6-12/h9H,4-7H2,1-3H3/t9-,11-,12+/m0/s1. The summed E-state index contributed by atoms with van der Waals surface area (Å²) >= 11 is 0. The Labute approximate surface area is 107 Å². The lowest BCUT2D eigenvalue weighted by atomic mass is 9.69. The van der Waals surface area contributed by atoms with Crippen molar-refractivity contribution in [3.8, 4) is 0 Å². The van der Waals surface area contributed by atoms with Crippen molar-refractivity contribution in [2.75, 3.05) is 5.75 Å². The summed E-state index contributed by atoms with van der Waals surface area (Å²) < 4.78 is 34.2. The molecule has 1 saturated heterocycles. The molecule has 1 spiro atoms. The SMILES string of the molecule is CC(=O)O[C@]12CC[C@@]3(CS(=O)(=O)O[C@H]3C1)C2(C)C. The fourth-order valence-corrected chi connectivity index (χ4v) is 6.41. The summed E-state index contributed by atoms with van der Waals surface area (Å²) in [6.45, 7) is 5.42. The Kier molecular flexibility index (Phi) is 2.14. The fourth-order valence-electron chi connectivity index (χ4n) is 4.41. The molecule has 0 N–H and O–H groups in total. The molecule has 2 aliphatic carbocycles. The number of fused-ring (bicyclic) bond motifs is 1. The van der Waals surface area contributed by atoms with Gasteiger partial charge in [0, 0.05) is 24.2 Å². The molecule has 0 unspecified atom stereocenters. The third-order valence-corrected chi connectivity index (χ3v) is 6.92. The van der Waals surface area contributed by atoms with Gasteiger partial charge in [0.05, 0.1) is 11.9 Å². The summed E-state index contributed by atoms with van der Waals surface area (Å²) in [5, 5.41) is 0. The normalized spacial score (nSPS) is 46.9. The van der Waals surface area contributed by atoms with Gasteiger partial charge in [-0.05, 0) is 12.8 Å². The first kappa shape index (κ1) is 12.4. The number of hydrogen-bond donors (Lipinski definition) is 0. The van der Waals surface area contributed by atoms with Gasteiger partial charge < -0.3 is 4.74 Å². The smallest absolute Gasteiger partial charge is 0.303 e. The van der Waals surface area contributed by atoms with Crippen molar-refractivity contribution >= 4 is 16.1 Å². The van der Waals surface area contributed by atoms with Gasteiger partial charge in [-0.25, -0.2) is 0 Å². The zero-order valence-electron chi connectivity index (χ0n) is 10.9. The quantitative estimate of drug-likeness (QED) is 0.531. The monoisotopic (exact) mass is 274 g/mol. The molecule has 3 fully saturated rings. The lowest BCUT2D eigenvalue weighted by molar-refractivity contribution is -0.166. The molecule has 2 saturated carbocycles. The second kappa shape index (κ2) is 3.10. The van der Waals surface area contributed by atoms with E-state index in [1.165, 1.54) is 6.92 Å². The van der Waals surface area contributed by atoms with Crippen molar-refractivity contribution < 1.29 is 22.1 Å². The Morgan fingerprint density at radius 3 is 2.56 bits per heavy atom. The lowest BCUT2D eigenvalue weighted by Crippen LogP contribution is -2.45. The van der Waals surface area contributed by atoms with E-state index in [-0.39, 0.29) is 28.7 Å². The summed E-state index contributed by atoms with van der Waals surface area (Å²) in [7, 11) is -3.42. The van der Waals surface area contributed by atoms with Crippen LogP contribution in [0.15, 0.2) is 0 Å². The van der Waals surface area contributed by atoms with Crippen molar-refractivity contribution in [2.45, 2.75) is 51.7 Å². The molecule has 18 heavy (non-hydrogen) atoms. The Balaban J connectivity index is 2.06. The highest BCUT2D eigenvalue weighted by Gasteiger charge is 2.77. The maximum atomic E-state index is 11.7. The van der Waals surface area contributed by atoms with Gasteiger partial charge in [0.2, 0.25) is 0 Å². The first-order valence-corrected chi connectivity index (χ1v) is 7.83. The van der Waals surface area contributed by atoms with Gasteiger partial charge in [-0.1, -0.05) is 13.8 Å². The average Bonchev–Trinajstić information content (AvgIpc) is 2.61. The topological polar surface area (TPSA) is 69.7 Å². The summed E-state index contributed by atoms with van der Waals surface area (Å²) in [4.78, 5) is 11.3. The predicted octanol–water partition coefficient (Wildman–Crippen LogP) is 1.23. The number of carbonyl (C=O) groups is 1. The molecule has 0 aromatic heterocycles. The minimum absolute atomic E-state index is 0.0562. The number of esters is 1. The van der Waals surface area contributed by atoms with Gasteiger partial charge in [0.25, 0.3) is 10.1 Å². The molecule has 0 aromatic rings. The van der Waals surface area contributed by atoms with Crippen molar-refractivity contribution in [1.82, 2.24) is 0 Å². The molecular formula is C12H18O5S. The van der Waals surface area contributed by atoms with Gasteiger partial charge in [-0.2, -0.15) is 8.42 Å². The fraction of sp³-hybridized carbons (Fsp3) is 0.917. The molecule has 102 valence electrons. The molecule has 0 radical (unpaired) electrons. The molecule has 0 aromatic carbocycles. The summed E-state index contributed by atoms with van der Waals surface area (Å²) in [5.41, 5.74) is -1.30. The second-order valence-electron chi connectivity index (χ2n) is 6.36. The van der Waals surface area contributed by atoms with Crippen LogP contribution >= 0.6 is 0 Å². The molecule has 6 heteroatoms. The molecule has 1 aliphatic heterocycles. The maximum absolute atomic E-state index is 11.7. The van der Waals surface area contributed by atoms with Gasteiger partial charge in [-0.15, -0.1) is 0 Å². The number of carbonyl (C=O) groups excluding carboxylic acids is 1. The first-order chi connectivity index (χ1) is 8.14. The number of rotatable bonds is 1. The van der Waals surface area contributed by atoms with Crippen LogP contribution < -0.4 is 0 Å². The van der Waals surface area contributed by atoms with Crippen LogP contribution in [0.3, 0.4) is 0 Å². The van der Waals surface area contributed by atoms with Crippen LogP contribution in [-0.2, 0) is 23.8 Å².